The molecule has 0 aliphatic carbocycles. The molecule has 8 rings (SSSR count). The highest BCUT2D eigenvalue weighted by atomic mass is 31.2. The van der Waals surface area contributed by atoms with E-state index in [-0.39, 0.29) is 0 Å². The van der Waals surface area contributed by atoms with Crippen LogP contribution in [0.25, 0.3) is 4.85 Å². The van der Waals surface area contributed by atoms with E-state index in [4.69, 9.17) is 6.57 Å². The maximum Gasteiger partial charge on any atom is 0.197 e. The Kier molecular flexibility index (Phi) is 7.40. The molecule has 0 saturated carbocycles. The van der Waals surface area contributed by atoms with E-state index in [1.165, 1.54) is 20.7 Å². The Labute approximate surface area is 282 Å². The number of nitriles is 1. The van der Waals surface area contributed by atoms with Gasteiger partial charge >= 0.3 is 0 Å². The average Bonchev–Trinajstić information content (AvgIpc) is 3.17. The Morgan fingerprint density at radius 1 is 0.542 bits per heavy atom. The van der Waals surface area contributed by atoms with Crippen molar-refractivity contribution in [1.29, 1.82) is 5.26 Å². The number of nitrogens with zero attached hydrogens (tertiary/aromatic N) is 3. The van der Waals surface area contributed by atoms with Crippen LogP contribution in [0.5, 0.6) is 0 Å². The van der Waals surface area contributed by atoms with Gasteiger partial charge in [0.05, 0.1) is 18.0 Å². The molecule has 0 amide bonds. The van der Waals surface area contributed by atoms with Crippen LogP contribution in [0.3, 0.4) is 0 Å². The van der Waals surface area contributed by atoms with Crippen molar-refractivity contribution >= 4 is 63.1 Å². The monoisotopic (exact) mass is 647 g/mol. The van der Waals surface area contributed by atoms with E-state index in [1.54, 1.807) is 0 Å². The molecule has 226 valence electrons. The topological polar surface area (TPSA) is 31.4 Å². The van der Waals surface area contributed by atoms with Crippen LogP contribution in [0, 0.1) is 17.9 Å². The van der Waals surface area contributed by atoms with Crippen molar-refractivity contribution in [2.24, 2.45) is 0 Å². The first-order valence-corrected chi connectivity index (χ1v) is 19.7. The van der Waals surface area contributed by atoms with Gasteiger partial charge in [0, 0.05) is 24.0 Å². The van der Waals surface area contributed by atoms with Crippen molar-refractivity contribution in [3.8, 4) is 6.07 Å². The molecule has 0 atom stereocenters. The molecule has 0 aromatic heterocycles. The molecule has 0 bridgehead atoms. The third-order valence-corrected chi connectivity index (χ3v) is 18.4. The fourth-order valence-corrected chi connectivity index (χ4v) is 16.6. The van der Waals surface area contributed by atoms with Gasteiger partial charge in [0.15, 0.2) is 13.5 Å². The third-order valence-electron chi connectivity index (χ3n) is 9.55. The number of rotatable bonds is 5. The van der Waals surface area contributed by atoms with Crippen LogP contribution in [0.1, 0.15) is 0 Å². The summed E-state index contributed by atoms with van der Waals surface area (Å²) in [4.78, 5) is 6.55. The van der Waals surface area contributed by atoms with Gasteiger partial charge in [-0.25, -0.2) is 4.85 Å². The van der Waals surface area contributed by atoms with Gasteiger partial charge in [-0.15, -0.1) is 0 Å². The Morgan fingerprint density at radius 3 is 1.40 bits per heavy atom. The second-order valence-electron chi connectivity index (χ2n) is 11.9. The summed E-state index contributed by atoms with van der Waals surface area (Å²) in [7, 11) is -2.78. The highest BCUT2D eigenvalue weighted by molar-refractivity contribution is 7.93. The highest BCUT2D eigenvalue weighted by Crippen LogP contribution is 2.57. The second-order valence-corrected chi connectivity index (χ2v) is 18.9. The third kappa shape index (κ3) is 4.25. The molecule has 0 unspecified atom stereocenters. The minimum atomic E-state index is -2.78. The van der Waals surface area contributed by atoms with Crippen molar-refractivity contribution < 1.29 is 0 Å². The standard InChI is InChI=1S/C43H30N3PSi/c1-45-43-31-33(30-36(32-44)47(43,34-18-6-2-7-19-34)35-20-8-3-9-21-35)46-39-26-14-16-28-41(39)48(37-22-10-4-11-23-37,38-24-12-5-13-25-38)42-29-17-15-27-40(42)46/h2-31H. The summed E-state index contributed by atoms with van der Waals surface area (Å²) in [5.41, 5.74) is 3.57. The first kappa shape index (κ1) is 29.5. The van der Waals surface area contributed by atoms with Crippen LogP contribution >= 0.6 is 6.89 Å². The number of benzene rings is 6. The van der Waals surface area contributed by atoms with Crippen LogP contribution in [-0.2, 0) is 0 Å². The van der Waals surface area contributed by atoms with Gasteiger partial charge in [-0.1, -0.05) is 158 Å². The number of hydrogen-bond donors (Lipinski definition) is 0. The molecule has 3 nitrogen and oxygen atoms in total. The fraction of sp³-hybridized carbons (Fsp3) is 0. The molecule has 6 aromatic rings. The van der Waals surface area contributed by atoms with Gasteiger partial charge in [0.1, 0.15) is 0 Å². The van der Waals surface area contributed by atoms with Crippen molar-refractivity contribution in [1.82, 2.24) is 0 Å². The van der Waals surface area contributed by atoms with E-state index in [9.17, 15) is 5.26 Å². The molecule has 2 aliphatic heterocycles. The van der Waals surface area contributed by atoms with Gasteiger partial charge in [0.25, 0.3) is 0 Å². The number of para-hydroxylation sites is 2. The molecule has 0 N–H and O–H groups in total. The van der Waals surface area contributed by atoms with E-state index in [2.05, 4.69) is 161 Å². The van der Waals surface area contributed by atoms with Crippen LogP contribution in [0.15, 0.2) is 193 Å². The zero-order chi connectivity index (χ0) is 32.6. The molecule has 2 heterocycles. The normalized spacial score (nSPS) is 15.5. The molecular weight excluding hydrogens is 618 g/mol. The van der Waals surface area contributed by atoms with Gasteiger partial charge in [-0.2, -0.15) is 5.26 Å². The molecule has 6 aromatic carbocycles. The molecule has 0 saturated heterocycles. The molecule has 0 fully saturated rings. The maximum absolute atomic E-state index is 11.0. The molecule has 2 aliphatic rings. The van der Waals surface area contributed by atoms with Gasteiger partial charge in [-0.05, 0) is 55.6 Å². The lowest BCUT2D eigenvalue weighted by molar-refractivity contribution is 1.21. The predicted molar refractivity (Wildman–Crippen MR) is 205 cm³/mol. The van der Waals surface area contributed by atoms with Crippen molar-refractivity contribution in [2.75, 3.05) is 4.90 Å². The van der Waals surface area contributed by atoms with Crippen molar-refractivity contribution in [3.63, 3.8) is 0 Å². The van der Waals surface area contributed by atoms with Crippen LogP contribution in [0.4, 0.5) is 11.4 Å². The Hall–Kier alpha value is -5.90. The quantitative estimate of drug-likeness (QED) is 0.121. The van der Waals surface area contributed by atoms with Crippen molar-refractivity contribution in [2.45, 2.75) is 0 Å². The first-order chi connectivity index (χ1) is 23.7. The average molecular weight is 648 g/mol. The summed E-state index contributed by atoms with van der Waals surface area (Å²) in [6.45, 7) is 5.90. The summed E-state index contributed by atoms with van der Waals surface area (Å²) in [5, 5.41) is 18.8. The Balaban J connectivity index is 1.47. The van der Waals surface area contributed by atoms with Gasteiger partial charge < -0.3 is 4.90 Å². The van der Waals surface area contributed by atoms with Crippen LogP contribution < -0.4 is 36.3 Å². The van der Waals surface area contributed by atoms with E-state index in [1.807, 2.05) is 36.4 Å². The minimum absolute atomic E-state index is 0.601. The minimum Gasteiger partial charge on any atom is -0.312 e. The number of fused-ring (bicyclic) bond motifs is 2. The van der Waals surface area contributed by atoms with E-state index >= 15 is 0 Å². The molecule has 5 heteroatoms. The highest BCUT2D eigenvalue weighted by Gasteiger charge is 2.49. The van der Waals surface area contributed by atoms with Gasteiger partial charge in [-0.3, -0.25) is 0 Å². The van der Waals surface area contributed by atoms with Crippen LogP contribution in [-0.4, -0.2) is 13.5 Å². The molecule has 0 radical (unpaired) electrons. The Bertz CT molecular complexity index is 2240. The van der Waals surface area contributed by atoms with E-state index in [0.29, 0.717) is 10.7 Å². The zero-order valence-corrected chi connectivity index (χ0v) is 28.0. The fourth-order valence-electron chi connectivity index (χ4n) is 7.66. The summed E-state index contributed by atoms with van der Waals surface area (Å²) in [6.07, 6.45) is 4.10. The lowest BCUT2D eigenvalue weighted by atomic mass is 10.1. The molecular formula is C43H30N3PSi. The van der Waals surface area contributed by atoms with E-state index in [0.717, 1.165) is 27.7 Å². The summed E-state index contributed by atoms with van der Waals surface area (Å²) >= 11 is 0. The Morgan fingerprint density at radius 2 is 0.958 bits per heavy atom. The lowest BCUT2D eigenvalue weighted by Crippen LogP contribution is -2.77. The largest absolute Gasteiger partial charge is 0.312 e. The lowest BCUT2D eigenvalue weighted by Gasteiger charge is -2.46. The SMILES string of the molecule is [C-]#[N+]C1=P(c2ccccc2)(c2ccccc2)C(C#N)=CC(N2c3ccccc3[Si](c3ccccc3)(c3ccccc3)c3ccccc32)=C1. The number of allylic oxidation sites excluding steroid dienone is 2. The zero-order valence-electron chi connectivity index (χ0n) is 26.1. The number of hydrogen-bond acceptors (Lipinski definition) is 2. The van der Waals surface area contributed by atoms with Crippen LogP contribution in [0.2, 0.25) is 0 Å². The molecule has 48 heavy (non-hydrogen) atoms. The van der Waals surface area contributed by atoms with Gasteiger partial charge in [0.2, 0.25) is 0 Å². The summed E-state index contributed by atoms with van der Waals surface area (Å²) in [5.74, 6) is 0. The smallest absolute Gasteiger partial charge is 0.197 e. The second kappa shape index (κ2) is 12.0. The predicted octanol–water partition coefficient (Wildman–Crippen LogP) is 6.54. The summed E-state index contributed by atoms with van der Waals surface area (Å²) in [6, 6.07) is 62.2. The number of anilines is 2. The van der Waals surface area contributed by atoms with Crippen molar-refractivity contribution in [3.05, 3.63) is 204 Å². The maximum atomic E-state index is 11.0. The van der Waals surface area contributed by atoms with E-state index < -0.39 is 15.0 Å². The molecule has 0 spiro atoms. The first-order valence-electron chi connectivity index (χ1n) is 15.9. The summed E-state index contributed by atoms with van der Waals surface area (Å²) < 4.78 is 0.